The van der Waals surface area contributed by atoms with Crippen LogP contribution in [-0.4, -0.2) is 41.1 Å². The molecular weight excluding hydrogens is 259 g/mol. The van der Waals surface area contributed by atoms with Gasteiger partial charge in [0.2, 0.25) is 0 Å². The fraction of sp³-hybridized carbons (Fsp3) is 0.533. The minimum Gasteiger partial charge on any atom is -0.507 e. The van der Waals surface area contributed by atoms with Crippen LogP contribution in [0.4, 0.5) is 4.39 Å². The van der Waals surface area contributed by atoms with Gasteiger partial charge in [-0.3, -0.25) is 4.79 Å². The molecule has 20 heavy (non-hydrogen) atoms. The molecular formula is C15H19FN2O2. The van der Waals surface area contributed by atoms with Crippen molar-refractivity contribution in [3.05, 3.63) is 29.6 Å². The van der Waals surface area contributed by atoms with Gasteiger partial charge in [-0.1, -0.05) is 0 Å². The second-order valence-corrected chi connectivity index (χ2v) is 5.84. The Balaban J connectivity index is 1.76. The molecule has 0 aliphatic carbocycles. The van der Waals surface area contributed by atoms with Crippen molar-refractivity contribution in [1.29, 1.82) is 0 Å². The second-order valence-electron chi connectivity index (χ2n) is 5.84. The molecule has 1 amide bonds. The van der Waals surface area contributed by atoms with Gasteiger partial charge in [0.05, 0.1) is 5.56 Å². The van der Waals surface area contributed by atoms with E-state index >= 15 is 0 Å². The van der Waals surface area contributed by atoms with Crippen LogP contribution in [0.5, 0.6) is 5.75 Å². The van der Waals surface area contributed by atoms with Gasteiger partial charge >= 0.3 is 0 Å². The van der Waals surface area contributed by atoms with Crippen molar-refractivity contribution in [3.63, 3.8) is 0 Å². The van der Waals surface area contributed by atoms with Crippen LogP contribution in [0, 0.1) is 5.82 Å². The van der Waals surface area contributed by atoms with Gasteiger partial charge in [-0.2, -0.15) is 0 Å². The van der Waals surface area contributed by atoms with Gasteiger partial charge in [0.15, 0.2) is 0 Å². The number of nitrogens with zero attached hydrogens (tertiary/aromatic N) is 1. The van der Waals surface area contributed by atoms with Gasteiger partial charge in [-0.05, 0) is 37.8 Å². The molecule has 2 bridgehead atoms. The summed E-state index contributed by atoms with van der Waals surface area (Å²) in [7, 11) is 1.76. The molecule has 0 radical (unpaired) electrons. The molecule has 2 unspecified atom stereocenters. The number of halogens is 1. The highest BCUT2D eigenvalue weighted by Crippen LogP contribution is 2.30. The zero-order valence-corrected chi connectivity index (χ0v) is 11.5. The number of rotatable bonds is 2. The molecule has 4 nitrogen and oxygen atoms in total. The van der Waals surface area contributed by atoms with Gasteiger partial charge in [0, 0.05) is 31.2 Å². The van der Waals surface area contributed by atoms with Gasteiger partial charge in [0.25, 0.3) is 5.91 Å². The zero-order chi connectivity index (χ0) is 14.3. The van der Waals surface area contributed by atoms with Crippen LogP contribution in [0.1, 0.15) is 36.0 Å². The molecule has 108 valence electrons. The lowest BCUT2D eigenvalue weighted by atomic mass is 9.98. The maximum Gasteiger partial charge on any atom is 0.257 e. The van der Waals surface area contributed by atoms with Crippen molar-refractivity contribution < 1.29 is 14.3 Å². The molecule has 2 fully saturated rings. The van der Waals surface area contributed by atoms with E-state index in [0.29, 0.717) is 12.1 Å². The summed E-state index contributed by atoms with van der Waals surface area (Å²) in [6.07, 6.45) is 4.23. The maximum absolute atomic E-state index is 13.0. The molecule has 3 rings (SSSR count). The SMILES string of the molecule is CN(C(=O)c1ccc(F)cc1O)C1CC2CCC(C1)N2. The molecule has 0 saturated carbocycles. The Labute approximate surface area is 117 Å². The summed E-state index contributed by atoms with van der Waals surface area (Å²) in [5.41, 5.74) is 0.166. The first-order valence-corrected chi connectivity index (χ1v) is 7.06. The quantitative estimate of drug-likeness (QED) is 0.868. The van der Waals surface area contributed by atoms with Crippen molar-refractivity contribution in [3.8, 4) is 5.75 Å². The standard InChI is InChI=1S/C15H19FN2O2/c1-18(12-7-10-3-4-11(8-12)17-10)15(20)13-5-2-9(16)6-14(13)19/h2,5-6,10-12,17,19H,3-4,7-8H2,1H3. The third-order valence-electron chi connectivity index (χ3n) is 4.51. The van der Waals surface area contributed by atoms with E-state index in [1.54, 1.807) is 11.9 Å². The molecule has 1 aromatic carbocycles. The van der Waals surface area contributed by atoms with Gasteiger partial charge in [-0.25, -0.2) is 4.39 Å². The lowest BCUT2D eigenvalue weighted by Gasteiger charge is -2.35. The summed E-state index contributed by atoms with van der Waals surface area (Å²) in [5.74, 6) is -1.07. The van der Waals surface area contributed by atoms with Crippen LogP contribution in [-0.2, 0) is 0 Å². The number of amides is 1. The summed E-state index contributed by atoms with van der Waals surface area (Å²) in [6, 6.07) is 4.71. The Bertz CT molecular complexity index is 523. The average molecular weight is 278 g/mol. The van der Waals surface area contributed by atoms with Crippen LogP contribution in [0.3, 0.4) is 0 Å². The number of hydrogen-bond donors (Lipinski definition) is 2. The molecule has 2 N–H and O–H groups in total. The fourth-order valence-corrected chi connectivity index (χ4v) is 3.38. The van der Waals surface area contributed by atoms with Crippen molar-refractivity contribution in [2.75, 3.05) is 7.05 Å². The molecule has 2 atom stereocenters. The monoisotopic (exact) mass is 278 g/mol. The summed E-state index contributed by atoms with van der Waals surface area (Å²) in [6.45, 7) is 0. The van der Waals surface area contributed by atoms with E-state index in [-0.39, 0.29) is 23.3 Å². The summed E-state index contributed by atoms with van der Waals surface area (Å²) in [4.78, 5) is 14.1. The van der Waals surface area contributed by atoms with Crippen molar-refractivity contribution >= 4 is 5.91 Å². The van der Waals surface area contributed by atoms with Crippen molar-refractivity contribution in [1.82, 2.24) is 10.2 Å². The highest BCUT2D eigenvalue weighted by molar-refractivity contribution is 5.96. The summed E-state index contributed by atoms with van der Waals surface area (Å²) >= 11 is 0. The van der Waals surface area contributed by atoms with E-state index in [4.69, 9.17) is 0 Å². The molecule has 0 aromatic heterocycles. The number of hydrogen-bond acceptors (Lipinski definition) is 3. The maximum atomic E-state index is 13.0. The number of phenolic OH excluding ortho intramolecular Hbond substituents is 1. The number of benzene rings is 1. The number of fused-ring (bicyclic) bond motifs is 2. The van der Waals surface area contributed by atoms with Crippen LogP contribution >= 0.6 is 0 Å². The van der Waals surface area contributed by atoms with Gasteiger partial charge < -0.3 is 15.3 Å². The van der Waals surface area contributed by atoms with Crippen LogP contribution in [0.25, 0.3) is 0 Å². The van der Waals surface area contributed by atoms with E-state index in [9.17, 15) is 14.3 Å². The normalized spacial score (nSPS) is 28.4. The topological polar surface area (TPSA) is 52.6 Å². The Morgan fingerprint density at radius 2 is 2.00 bits per heavy atom. The van der Waals surface area contributed by atoms with Crippen molar-refractivity contribution in [2.24, 2.45) is 0 Å². The first-order valence-electron chi connectivity index (χ1n) is 7.06. The summed E-state index contributed by atoms with van der Waals surface area (Å²) in [5, 5.41) is 13.3. The number of phenols is 1. The largest absolute Gasteiger partial charge is 0.507 e. The lowest BCUT2D eigenvalue weighted by molar-refractivity contribution is 0.0678. The van der Waals surface area contributed by atoms with Crippen molar-refractivity contribution in [2.45, 2.75) is 43.8 Å². The minimum absolute atomic E-state index is 0.166. The molecule has 0 spiro atoms. The average Bonchev–Trinajstić information content (AvgIpc) is 2.76. The third kappa shape index (κ3) is 2.38. The lowest BCUT2D eigenvalue weighted by Crippen LogP contribution is -2.48. The fourth-order valence-electron chi connectivity index (χ4n) is 3.38. The number of carbonyl (C=O) groups is 1. The predicted octanol–water partition coefficient (Wildman–Crippen LogP) is 1.89. The van der Waals surface area contributed by atoms with Crippen LogP contribution in [0.15, 0.2) is 18.2 Å². The Kier molecular flexibility index (Phi) is 3.38. The molecule has 5 heteroatoms. The molecule has 2 aliphatic rings. The molecule has 2 saturated heterocycles. The number of piperidine rings is 1. The number of nitrogens with one attached hydrogen (secondary N) is 1. The predicted molar refractivity (Wildman–Crippen MR) is 73.1 cm³/mol. The first-order chi connectivity index (χ1) is 9.54. The highest BCUT2D eigenvalue weighted by atomic mass is 19.1. The third-order valence-corrected chi connectivity index (χ3v) is 4.51. The summed E-state index contributed by atoms with van der Waals surface area (Å²) < 4.78 is 13.0. The number of aromatic hydroxyl groups is 1. The zero-order valence-electron chi connectivity index (χ0n) is 11.5. The van der Waals surface area contributed by atoms with E-state index < -0.39 is 5.82 Å². The minimum atomic E-state index is -0.540. The number of carbonyl (C=O) groups excluding carboxylic acids is 1. The smallest absolute Gasteiger partial charge is 0.257 e. The molecule has 2 heterocycles. The highest BCUT2D eigenvalue weighted by Gasteiger charge is 2.36. The van der Waals surface area contributed by atoms with Crippen LogP contribution < -0.4 is 5.32 Å². The molecule has 2 aliphatic heterocycles. The Hall–Kier alpha value is -1.62. The Morgan fingerprint density at radius 1 is 1.35 bits per heavy atom. The van der Waals surface area contributed by atoms with Crippen LogP contribution in [0.2, 0.25) is 0 Å². The van der Waals surface area contributed by atoms with E-state index in [1.807, 2.05) is 0 Å². The van der Waals surface area contributed by atoms with E-state index in [1.165, 1.54) is 25.0 Å². The molecule has 1 aromatic rings. The van der Waals surface area contributed by atoms with E-state index in [0.717, 1.165) is 18.9 Å². The Morgan fingerprint density at radius 3 is 2.60 bits per heavy atom. The van der Waals surface area contributed by atoms with Gasteiger partial charge in [0.1, 0.15) is 11.6 Å². The second kappa shape index (κ2) is 5.05. The first kappa shape index (κ1) is 13.4. The van der Waals surface area contributed by atoms with Gasteiger partial charge in [-0.15, -0.1) is 0 Å². The van der Waals surface area contributed by atoms with E-state index in [2.05, 4.69) is 5.32 Å².